The number of carbonyl (C=O) groups is 3. The van der Waals surface area contributed by atoms with Crippen molar-refractivity contribution in [1.82, 2.24) is 15.1 Å². The Labute approximate surface area is 174 Å². The summed E-state index contributed by atoms with van der Waals surface area (Å²) < 4.78 is 0. The lowest BCUT2D eigenvalue weighted by Gasteiger charge is -2.34. The van der Waals surface area contributed by atoms with E-state index in [9.17, 15) is 19.6 Å². The highest BCUT2D eigenvalue weighted by Crippen LogP contribution is 2.28. The van der Waals surface area contributed by atoms with Crippen molar-refractivity contribution < 1.29 is 14.4 Å². The maximum atomic E-state index is 13.2. The maximum Gasteiger partial charge on any atom is 0.312 e. The Kier molecular flexibility index (Phi) is 5.48. The molecule has 1 saturated heterocycles. The summed E-state index contributed by atoms with van der Waals surface area (Å²) in [6.45, 7) is 1.35. The molecule has 2 aromatic carbocycles. The summed E-state index contributed by atoms with van der Waals surface area (Å²) in [4.78, 5) is 40.7. The van der Waals surface area contributed by atoms with Crippen LogP contribution in [0.5, 0.6) is 0 Å². The second-order valence-corrected chi connectivity index (χ2v) is 7.54. The minimum atomic E-state index is -0.560. The van der Waals surface area contributed by atoms with Gasteiger partial charge in [-0.25, -0.2) is 0 Å². The standard InChI is InChI=1S/C23H22N4O3/c24-15-16-5-1-2-6-18(16)19-7-3-4-8-20(19)22(29)26-11-13-27(14-12-26)23(30)21(28)25-17-9-10-17/h1-8,17H,9-14H2,(H,25,28). The number of nitrogens with one attached hydrogen (secondary N) is 1. The van der Waals surface area contributed by atoms with Gasteiger partial charge in [-0.1, -0.05) is 36.4 Å². The fraction of sp³-hybridized carbons (Fsp3) is 0.304. The van der Waals surface area contributed by atoms with Gasteiger partial charge in [-0.05, 0) is 30.5 Å². The first-order chi connectivity index (χ1) is 14.6. The van der Waals surface area contributed by atoms with Crippen LogP contribution < -0.4 is 5.32 Å². The quantitative estimate of drug-likeness (QED) is 0.792. The van der Waals surface area contributed by atoms with Crippen molar-refractivity contribution in [3.63, 3.8) is 0 Å². The Morgan fingerprint density at radius 1 is 0.867 bits per heavy atom. The van der Waals surface area contributed by atoms with Gasteiger partial charge in [0.05, 0.1) is 11.6 Å². The molecule has 1 aliphatic carbocycles. The summed E-state index contributed by atoms with van der Waals surface area (Å²) in [6.07, 6.45) is 1.85. The molecule has 1 heterocycles. The van der Waals surface area contributed by atoms with Crippen LogP contribution in [0.25, 0.3) is 11.1 Å². The van der Waals surface area contributed by atoms with Gasteiger partial charge in [-0.15, -0.1) is 0 Å². The van der Waals surface area contributed by atoms with Crippen LogP contribution in [0.3, 0.4) is 0 Å². The molecule has 2 fully saturated rings. The number of carbonyl (C=O) groups excluding carboxylic acids is 3. The second-order valence-electron chi connectivity index (χ2n) is 7.54. The number of hydrogen-bond donors (Lipinski definition) is 1. The zero-order chi connectivity index (χ0) is 21.1. The molecule has 7 heteroatoms. The van der Waals surface area contributed by atoms with Crippen molar-refractivity contribution in [2.24, 2.45) is 0 Å². The van der Waals surface area contributed by atoms with Crippen molar-refractivity contribution in [3.05, 3.63) is 59.7 Å². The molecule has 0 spiro atoms. The van der Waals surface area contributed by atoms with Crippen molar-refractivity contribution in [2.45, 2.75) is 18.9 Å². The van der Waals surface area contributed by atoms with Gasteiger partial charge in [0, 0.05) is 43.3 Å². The lowest BCUT2D eigenvalue weighted by Crippen LogP contribution is -2.54. The van der Waals surface area contributed by atoms with Crippen LogP contribution in [0.1, 0.15) is 28.8 Å². The molecular formula is C23H22N4O3. The summed E-state index contributed by atoms with van der Waals surface area (Å²) in [5, 5.41) is 12.1. The Balaban J connectivity index is 1.47. The fourth-order valence-corrected chi connectivity index (χ4v) is 3.62. The van der Waals surface area contributed by atoms with Crippen LogP contribution in [-0.2, 0) is 9.59 Å². The summed E-state index contributed by atoms with van der Waals surface area (Å²) in [5.74, 6) is -1.24. The highest BCUT2D eigenvalue weighted by molar-refractivity contribution is 6.35. The molecule has 0 bridgehead atoms. The Hall–Kier alpha value is -3.66. The van der Waals surface area contributed by atoms with Crippen molar-refractivity contribution >= 4 is 17.7 Å². The second kappa shape index (κ2) is 8.37. The lowest BCUT2D eigenvalue weighted by molar-refractivity contribution is -0.146. The first-order valence-electron chi connectivity index (χ1n) is 10.1. The number of nitrogens with zero attached hydrogens (tertiary/aromatic N) is 3. The average Bonchev–Trinajstić information content (AvgIpc) is 3.62. The molecule has 4 rings (SSSR count). The summed E-state index contributed by atoms with van der Waals surface area (Å²) in [6, 6.07) is 16.8. The molecule has 3 amide bonds. The SMILES string of the molecule is N#Cc1ccccc1-c1ccccc1C(=O)N1CCN(C(=O)C(=O)NC2CC2)CC1. The molecule has 1 N–H and O–H groups in total. The Bertz CT molecular complexity index is 1030. The molecule has 0 aromatic heterocycles. The first kappa shape index (κ1) is 19.6. The largest absolute Gasteiger partial charge is 0.345 e. The maximum absolute atomic E-state index is 13.2. The molecule has 152 valence electrons. The van der Waals surface area contributed by atoms with E-state index in [2.05, 4.69) is 11.4 Å². The number of amides is 3. The molecule has 0 atom stereocenters. The van der Waals surface area contributed by atoms with Gasteiger partial charge in [0.1, 0.15) is 0 Å². The molecule has 0 radical (unpaired) electrons. The third kappa shape index (κ3) is 4.03. The van der Waals surface area contributed by atoms with E-state index >= 15 is 0 Å². The number of benzene rings is 2. The first-order valence-corrected chi connectivity index (χ1v) is 10.1. The lowest BCUT2D eigenvalue weighted by atomic mass is 9.95. The molecule has 7 nitrogen and oxygen atoms in total. The minimum Gasteiger partial charge on any atom is -0.345 e. The number of hydrogen-bond acceptors (Lipinski definition) is 4. The van der Waals surface area contributed by atoms with Crippen LogP contribution in [0, 0.1) is 11.3 Å². The van der Waals surface area contributed by atoms with Gasteiger partial charge >= 0.3 is 11.8 Å². The third-order valence-electron chi connectivity index (χ3n) is 5.46. The molecule has 1 aliphatic heterocycles. The van der Waals surface area contributed by atoms with Crippen molar-refractivity contribution in [3.8, 4) is 17.2 Å². The monoisotopic (exact) mass is 402 g/mol. The Morgan fingerprint density at radius 2 is 1.47 bits per heavy atom. The highest BCUT2D eigenvalue weighted by atomic mass is 16.2. The van der Waals surface area contributed by atoms with Crippen LogP contribution in [0.4, 0.5) is 0 Å². The van der Waals surface area contributed by atoms with Gasteiger partial charge in [-0.3, -0.25) is 14.4 Å². The number of piperazine rings is 1. The van der Waals surface area contributed by atoms with E-state index in [1.165, 1.54) is 4.90 Å². The average molecular weight is 402 g/mol. The van der Waals surface area contributed by atoms with Crippen LogP contribution in [0.15, 0.2) is 48.5 Å². The molecule has 0 unspecified atom stereocenters. The number of rotatable bonds is 3. The van der Waals surface area contributed by atoms with Crippen molar-refractivity contribution in [1.29, 1.82) is 5.26 Å². The van der Waals surface area contributed by atoms with Gasteiger partial charge in [0.25, 0.3) is 5.91 Å². The van der Waals surface area contributed by atoms with E-state index in [-0.39, 0.29) is 11.9 Å². The Morgan fingerprint density at radius 3 is 2.13 bits per heavy atom. The summed E-state index contributed by atoms with van der Waals surface area (Å²) in [7, 11) is 0. The predicted octanol–water partition coefficient (Wildman–Crippen LogP) is 1.79. The molecule has 2 aliphatic rings. The third-order valence-corrected chi connectivity index (χ3v) is 5.46. The van der Waals surface area contributed by atoms with E-state index in [1.807, 2.05) is 24.3 Å². The van der Waals surface area contributed by atoms with Gasteiger partial charge in [0.15, 0.2) is 0 Å². The molecule has 30 heavy (non-hydrogen) atoms. The summed E-state index contributed by atoms with van der Waals surface area (Å²) in [5.41, 5.74) is 2.46. The number of nitriles is 1. The fourth-order valence-electron chi connectivity index (χ4n) is 3.62. The molecular weight excluding hydrogens is 380 g/mol. The normalized spacial score (nSPS) is 16.0. The topological polar surface area (TPSA) is 93.5 Å². The van der Waals surface area contributed by atoms with E-state index in [4.69, 9.17) is 0 Å². The van der Waals surface area contributed by atoms with Crippen molar-refractivity contribution in [2.75, 3.05) is 26.2 Å². The van der Waals surface area contributed by atoms with E-state index < -0.39 is 11.8 Å². The molecule has 1 saturated carbocycles. The smallest absolute Gasteiger partial charge is 0.312 e. The van der Waals surface area contributed by atoms with Crippen LogP contribution in [0.2, 0.25) is 0 Å². The molecule has 2 aromatic rings. The van der Waals surface area contributed by atoms with Crippen LogP contribution in [-0.4, -0.2) is 59.7 Å². The zero-order valence-electron chi connectivity index (χ0n) is 16.5. The summed E-state index contributed by atoms with van der Waals surface area (Å²) >= 11 is 0. The minimum absolute atomic E-state index is 0.136. The van der Waals surface area contributed by atoms with E-state index in [0.29, 0.717) is 42.9 Å². The van der Waals surface area contributed by atoms with Gasteiger partial charge < -0.3 is 15.1 Å². The van der Waals surface area contributed by atoms with Gasteiger partial charge in [0.2, 0.25) is 0 Å². The van der Waals surface area contributed by atoms with Crippen LogP contribution >= 0.6 is 0 Å². The van der Waals surface area contributed by atoms with Gasteiger partial charge in [-0.2, -0.15) is 5.26 Å². The van der Waals surface area contributed by atoms with E-state index in [0.717, 1.165) is 18.4 Å². The predicted molar refractivity (Wildman–Crippen MR) is 110 cm³/mol. The highest BCUT2D eigenvalue weighted by Gasteiger charge is 2.32. The van der Waals surface area contributed by atoms with E-state index in [1.54, 1.807) is 29.2 Å². The zero-order valence-corrected chi connectivity index (χ0v) is 16.5.